The zero-order valence-corrected chi connectivity index (χ0v) is 11.1. The van der Waals surface area contributed by atoms with Gasteiger partial charge in [0.2, 0.25) is 5.91 Å². The van der Waals surface area contributed by atoms with Crippen LogP contribution in [0.15, 0.2) is 18.2 Å². The van der Waals surface area contributed by atoms with E-state index < -0.39 is 12.0 Å². The summed E-state index contributed by atoms with van der Waals surface area (Å²) in [6.07, 6.45) is 0. The van der Waals surface area contributed by atoms with E-state index in [-0.39, 0.29) is 11.8 Å². The van der Waals surface area contributed by atoms with Crippen molar-refractivity contribution in [1.29, 1.82) is 0 Å². The molecule has 1 aromatic carbocycles. The van der Waals surface area contributed by atoms with E-state index in [1.807, 2.05) is 25.1 Å². The first kappa shape index (κ1) is 13.5. The van der Waals surface area contributed by atoms with Gasteiger partial charge in [-0.1, -0.05) is 18.2 Å². The predicted octanol–water partition coefficient (Wildman–Crippen LogP) is 0.771. The third-order valence-electron chi connectivity index (χ3n) is 3.52. The van der Waals surface area contributed by atoms with Gasteiger partial charge in [0.15, 0.2) is 0 Å². The molecule has 5 heteroatoms. The van der Waals surface area contributed by atoms with E-state index in [4.69, 9.17) is 5.11 Å². The van der Waals surface area contributed by atoms with Gasteiger partial charge in [-0.25, -0.2) is 0 Å². The first-order valence-electron chi connectivity index (χ1n) is 6.33. The second kappa shape index (κ2) is 5.40. The Morgan fingerprint density at radius 1 is 1.47 bits per heavy atom. The minimum absolute atomic E-state index is 0.242. The first-order chi connectivity index (χ1) is 9.00. The Kier molecular flexibility index (Phi) is 3.85. The number of fused-ring (bicyclic) bond motifs is 1. The fraction of sp³-hybridized carbons (Fsp3) is 0.429. The predicted molar refractivity (Wildman–Crippen MR) is 70.9 cm³/mol. The second-order valence-electron chi connectivity index (χ2n) is 4.89. The molecule has 1 heterocycles. The molecule has 102 valence electrons. The lowest BCUT2D eigenvalue weighted by Gasteiger charge is -2.27. The van der Waals surface area contributed by atoms with E-state index in [2.05, 4.69) is 10.6 Å². The van der Waals surface area contributed by atoms with Crippen LogP contribution in [0.25, 0.3) is 0 Å². The second-order valence-corrected chi connectivity index (χ2v) is 4.89. The molecule has 0 saturated heterocycles. The number of carboxylic acids is 1. The van der Waals surface area contributed by atoms with Crippen molar-refractivity contribution in [3.63, 3.8) is 0 Å². The van der Waals surface area contributed by atoms with Gasteiger partial charge in [0, 0.05) is 13.1 Å². The number of hydrogen-bond acceptors (Lipinski definition) is 3. The topological polar surface area (TPSA) is 78.4 Å². The summed E-state index contributed by atoms with van der Waals surface area (Å²) in [4.78, 5) is 23.0. The molecule has 0 aromatic heterocycles. The summed E-state index contributed by atoms with van der Waals surface area (Å²) in [5, 5.41) is 14.6. The first-order valence-corrected chi connectivity index (χ1v) is 6.33. The molecule has 0 fully saturated rings. The van der Waals surface area contributed by atoms with Gasteiger partial charge in [0.25, 0.3) is 0 Å². The van der Waals surface area contributed by atoms with Gasteiger partial charge in [-0.15, -0.1) is 0 Å². The summed E-state index contributed by atoms with van der Waals surface area (Å²) in [6.45, 7) is 4.77. The summed E-state index contributed by atoms with van der Waals surface area (Å²) in [5.74, 6) is -1.60. The number of nitrogens with one attached hydrogen (secondary N) is 2. The van der Waals surface area contributed by atoms with Crippen molar-refractivity contribution < 1.29 is 14.7 Å². The molecule has 3 N–H and O–H groups in total. The molecular formula is C14H18N2O3. The molecule has 0 radical (unpaired) electrons. The molecule has 0 aliphatic carbocycles. The summed E-state index contributed by atoms with van der Waals surface area (Å²) in [6, 6.07) is 5.02. The molecule has 0 saturated carbocycles. The number of carbonyl (C=O) groups excluding carboxylic acids is 1. The summed E-state index contributed by atoms with van der Waals surface area (Å²) in [7, 11) is 0. The highest BCUT2D eigenvalue weighted by atomic mass is 16.4. The van der Waals surface area contributed by atoms with Crippen LogP contribution in [0.1, 0.15) is 29.5 Å². The van der Waals surface area contributed by atoms with Crippen molar-refractivity contribution >= 4 is 11.9 Å². The van der Waals surface area contributed by atoms with Gasteiger partial charge < -0.3 is 15.7 Å². The molecule has 1 amide bonds. The molecule has 0 spiro atoms. The van der Waals surface area contributed by atoms with Crippen LogP contribution in [0.5, 0.6) is 0 Å². The molecule has 2 rings (SSSR count). The Balaban J connectivity index is 2.22. The highest BCUT2D eigenvalue weighted by Crippen LogP contribution is 2.26. The van der Waals surface area contributed by atoms with E-state index in [0.717, 1.165) is 23.2 Å². The van der Waals surface area contributed by atoms with Crippen molar-refractivity contribution in [2.75, 3.05) is 6.54 Å². The molecule has 2 unspecified atom stereocenters. The van der Waals surface area contributed by atoms with Gasteiger partial charge in [0.05, 0.1) is 5.92 Å². The maximum atomic E-state index is 12.2. The molecule has 5 nitrogen and oxygen atoms in total. The SMILES string of the molecule is Cc1cccc2c1CNCC2C(=O)NC(C)C(=O)O. The Morgan fingerprint density at radius 2 is 2.21 bits per heavy atom. The monoisotopic (exact) mass is 262 g/mol. The van der Waals surface area contributed by atoms with Crippen LogP contribution in [-0.4, -0.2) is 29.6 Å². The molecular weight excluding hydrogens is 244 g/mol. The Labute approximate surface area is 112 Å². The molecule has 1 aliphatic heterocycles. The molecule has 1 aromatic rings. The van der Waals surface area contributed by atoms with Gasteiger partial charge in [-0.05, 0) is 30.5 Å². The molecule has 19 heavy (non-hydrogen) atoms. The number of aliphatic carboxylic acids is 1. The highest BCUT2D eigenvalue weighted by Gasteiger charge is 2.28. The number of carboxylic acid groups (broad SMARTS) is 1. The van der Waals surface area contributed by atoms with Crippen LogP contribution < -0.4 is 10.6 Å². The van der Waals surface area contributed by atoms with Crippen molar-refractivity contribution in [2.45, 2.75) is 32.4 Å². The molecule has 2 atom stereocenters. The fourth-order valence-electron chi connectivity index (χ4n) is 2.35. The Bertz CT molecular complexity index is 513. The number of benzene rings is 1. The van der Waals surface area contributed by atoms with E-state index in [1.165, 1.54) is 6.92 Å². The average molecular weight is 262 g/mol. The minimum atomic E-state index is -1.03. The van der Waals surface area contributed by atoms with E-state index >= 15 is 0 Å². The normalized spacial score (nSPS) is 19.4. The lowest BCUT2D eigenvalue weighted by atomic mass is 9.87. The molecule has 0 bridgehead atoms. The van der Waals surface area contributed by atoms with Crippen LogP contribution >= 0.6 is 0 Å². The zero-order chi connectivity index (χ0) is 14.0. The van der Waals surface area contributed by atoms with Crippen LogP contribution in [0.3, 0.4) is 0 Å². The zero-order valence-electron chi connectivity index (χ0n) is 11.1. The van der Waals surface area contributed by atoms with Gasteiger partial charge in [-0.2, -0.15) is 0 Å². The Hall–Kier alpha value is -1.88. The van der Waals surface area contributed by atoms with E-state index in [0.29, 0.717) is 6.54 Å². The Morgan fingerprint density at radius 3 is 2.89 bits per heavy atom. The number of hydrogen-bond donors (Lipinski definition) is 3. The molecule has 1 aliphatic rings. The summed E-state index contributed by atoms with van der Waals surface area (Å²) in [5.41, 5.74) is 3.28. The third-order valence-corrected chi connectivity index (χ3v) is 3.52. The quantitative estimate of drug-likeness (QED) is 0.752. The number of amides is 1. The summed E-state index contributed by atoms with van der Waals surface area (Å²) >= 11 is 0. The number of aryl methyl sites for hydroxylation is 1. The highest BCUT2D eigenvalue weighted by molar-refractivity contribution is 5.88. The number of carbonyl (C=O) groups is 2. The van der Waals surface area contributed by atoms with Crippen LogP contribution in [0, 0.1) is 6.92 Å². The smallest absolute Gasteiger partial charge is 0.325 e. The fourth-order valence-corrected chi connectivity index (χ4v) is 2.35. The van der Waals surface area contributed by atoms with Crippen LogP contribution in [0.4, 0.5) is 0 Å². The maximum Gasteiger partial charge on any atom is 0.325 e. The third kappa shape index (κ3) is 2.76. The standard InChI is InChI=1S/C14H18N2O3/c1-8-4-3-5-10-11(8)6-15-7-12(10)13(17)16-9(2)14(18)19/h3-5,9,12,15H,6-7H2,1-2H3,(H,16,17)(H,18,19). The van der Waals surface area contributed by atoms with Gasteiger partial charge in [0.1, 0.15) is 6.04 Å². The maximum absolute atomic E-state index is 12.2. The van der Waals surface area contributed by atoms with Crippen molar-refractivity contribution in [1.82, 2.24) is 10.6 Å². The van der Waals surface area contributed by atoms with Crippen molar-refractivity contribution in [2.24, 2.45) is 0 Å². The lowest BCUT2D eigenvalue weighted by molar-refractivity contribution is -0.141. The van der Waals surface area contributed by atoms with Crippen molar-refractivity contribution in [3.05, 3.63) is 34.9 Å². The van der Waals surface area contributed by atoms with E-state index in [9.17, 15) is 9.59 Å². The average Bonchev–Trinajstić information content (AvgIpc) is 2.38. The largest absolute Gasteiger partial charge is 0.480 e. The van der Waals surface area contributed by atoms with Gasteiger partial charge in [-0.3, -0.25) is 9.59 Å². The van der Waals surface area contributed by atoms with Crippen molar-refractivity contribution in [3.8, 4) is 0 Å². The van der Waals surface area contributed by atoms with Crippen LogP contribution in [-0.2, 0) is 16.1 Å². The number of rotatable bonds is 3. The van der Waals surface area contributed by atoms with Crippen LogP contribution in [0.2, 0.25) is 0 Å². The lowest BCUT2D eigenvalue weighted by Crippen LogP contribution is -2.45. The minimum Gasteiger partial charge on any atom is -0.480 e. The summed E-state index contributed by atoms with van der Waals surface area (Å²) < 4.78 is 0. The van der Waals surface area contributed by atoms with E-state index in [1.54, 1.807) is 0 Å². The van der Waals surface area contributed by atoms with Gasteiger partial charge >= 0.3 is 5.97 Å².